The van der Waals surface area contributed by atoms with Gasteiger partial charge in [0.05, 0.1) is 0 Å². The number of nitrogens with two attached hydrogens (primary N) is 1. The summed E-state index contributed by atoms with van der Waals surface area (Å²) in [5.41, 5.74) is 6.86. The Bertz CT molecular complexity index is 418. The van der Waals surface area contributed by atoms with Crippen LogP contribution < -0.4 is 5.73 Å². The number of nitrogens with zero attached hydrogens (tertiary/aromatic N) is 1. The summed E-state index contributed by atoms with van der Waals surface area (Å²) < 4.78 is 0. The van der Waals surface area contributed by atoms with E-state index in [9.17, 15) is 4.79 Å². The number of unbranched alkanes of at least 4 members (excludes halogenated alkanes) is 3. The maximum Gasteiger partial charge on any atom is 0.222 e. The molecule has 21 heavy (non-hydrogen) atoms. The van der Waals surface area contributed by atoms with Crippen LogP contribution in [0.4, 0.5) is 0 Å². The second-order valence-corrected chi connectivity index (χ2v) is 6.14. The first kappa shape index (κ1) is 16.0. The fraction of sp³-hybridized carbons (Fsp3) is 0.611. The maximum absolute atomic E-state index is 12.2. The summed E-state index contributed by atoms with van der Waals surface area (Å²) in [5, 5.41) is 0. The highest BCUT2D eigenvalue weighted by molar-refractivity contribution is 5.76. The lowest BCUT2D eigenvalue weighted by Gasteiger charge is -2.16. The second kappa shape index (κ2) is 8.83. The topological polar surface area (TPSA) is 46.3 Å². The molecule has 0 saturated carbocycles. The van der Waals surface area contributed by atoms with Gasteiger partial charge >= 0.3 is 0 Å². The molecular weight excluding hydrogens is 260 g/mol. The Morgan fingerprint density at radius 2 is 1.90 bits per heavy atom. The number of carbonyl (C=O) groups is 1. The van der Waals surface area contributed by atoms with E-state index < -0.39 is 0 Å². The molecule has 1 heterocycles. The summed E-state index contributed by atoms with van der Waals surface area (Å²) in [6, 6.07) is 10.6. The monoisotopic (exact) mass is 288 g/mol. The molecule has 2 N–H and O–H groups in total. The molecule has 1 aromatic carbocycles. The molecule has 2 rings (SSSR count). The van der Waals surface area contributed by atoms with Crippen molar-refractivity contribution in [2.75, 3.05) is 19.6 Å². The van der Waals surface area contributed by atoms with Crippen LogP contribution in [0.5, 0.6) is 0 Å². The normalized spacial score (nSPS) is 18.1. The van der Waals surface area contributed by atoms with Gasteiger partial charge in [0.1, 0.15) is 0 Å². The molecule has 0 bridgehead atoms. The van der Waals surface area contributed by atoms with Crippen molar-refractivity contribution in [1.29, 1.82) is 0 Å². The highest BCUT2D eigenvalue weighted by atomic mass is 16.2. The van der Waals surface area contributed by atoms with Crippen molar-refractivity contribution in [3.8, 4) is 0 Å². The van der Waals surface area contributed by atoms with Crippen LogP contribution in [0, 0.1) is 5.92 Å². The Hall–Kier alpha value is -1.35. The van der Waals surface area contributed by atoms with Crippen molar-refractivity contribution >= 4 is 5.91 Å². The predicted molar refractivity (Wildman–Crippen MR) is 87.0 cm³/mol. The Balaban J connectivity index is 1.66. The molecule has 1 aliphatic rings. The van der Waals surface area contributed by atoms with Crippen LogP contribution in [0.3, 0.4) is 0 Å². The zero-order valence-electron chi connectivity index (χ0n) is 13.0. The standard InChI is InChI=1S/C18H28N2O/c19-12-7-2-1-6-10-18(21)20-13-11-17(15-20)14-16-8-4-3-5-9-16/h3-5,8-9,17H,1-2,6-7,10-15,19H2. The minimum Gasteiger partial charge on any atom is -0.342 e. The van der Waals surface area contributed by atoms with E-state index in [2.05, 4.69) is 35.2 Å². The van der Waals surface area contributed by atoms with Gasteiger partial charge < -0.3 is 10.6 Å². The van der Waals surface area contributed by atoms with Gasteiger partial charge in [0.2, 0.25) is 5.91 Å². The van der Waals surface area contributed by atoms with Crippen LogP contribution >= 0.6 is 0 Å². The number of amides is 1. The first-order valence-electron chi connectivity index (χ1n) is 8.31. The molecule has 1 saturated heterocycles. The predicted octanol–water partition coefficient (Wildman–Crippen LogP) is 2.99. The Kier molecular flexibility index (Phi) is 6.74. The van der Waals surface area contributed by atoms with Crippen molar-refractivity contribution in [2.45, 2.75) is 44.9 Å². The first-order valence-corrected chi connectivity index (χ1v) is 8.31. The number of carbonyl (C=O) groups excluding carboxylic acids is 1. The SMILES string of the molecule is NCCCCCCC(=O)N1CCC(Cc2ccccc2)C1. The average Bonchev–Trinajstić information content (AvgIpc) is 2.96. The third-order valence-electron chi connectivity index (χ3n) is 4.35. The molecule has 1 unspecified atom stereocenters. The van der Waals surface area contributed by atoms with Gasteiger partial charge in [-0.3, -0.25) is 4.79 Å². The Labute approximate surface area is 128 Å². The third-order valence-corrected chi connectivity index (χ3v) is 4.35. The van der Waals surface area contributed by atoms with E-state index in [1.807, 2.05) is 0 Å². The van der Waals surface area contributed by atoms with Crippen LogP contribution in [0.2, 0.25) is 0 Å². The molecule has 3 nitrogen and oxygen atoms in total. The van der Waals surface area contributed by atoms with Crippen LogP contribution in [0.15, 0.2) is 30.3 Å². The molecular formula is C18H28N2O. The fourth-order valence-electron chi connectivity index (χ4n) is 3.11. The average molecular weight is 288 g/mol. The van der Waals surface area contributed by atoms with E-state index in [0.29, 0.717) is 18.2 Å². The van der Waals surface area contributed by atoms with Gasteiger partial charge in [-0.1, -0.05) is 43.2 Å². The fourth-order valence-corrected chi connectivity index (χ4v) is 3.11. The summed E-state index contributed by atoms with van der Waals surface area (Å²) in [7, 11) is 0. The number of benzene rings is 1. The van der Waals surface area contributed by atoms with E-state index in [4.69, 9.17) is 5.73 Å². The molecule has 1 fully saturated rings. The number of likely N-dealkylation sites (tertiary alicyclic amines) is 1. The highest BCUT2D eigenvalue weighted by Crippen LogP contribution is 2.21. The Morgan fingerprint density at radius 3 is 2.67 bits per heavy atom. The van der Waals surface area contributed by atoms with E-state index in [-0.39, 0.29) is 0 Å². The zero-order valence-corrected chi connectivity index (χ0v) is 13.0. The lowest BCUT2D eigenvalue weighted by Crippen LogP contribution is -2.28. The molecule has 0 radical (unpaired) electrons. The zero-order chi connectivity index (χ0) is 14.9. The Morgan fingerprint density at radius 1 is 1.14 bits per heavy atom. The molecule has 3 heteroatoms. The number of hydrogen-bond donors (Lipinski definition) is 1. The van der Waals surface area contributed by atoms with Gasteiger partial charge in [-0.15, -0.1) is 0 Å². The molecule has 0 aromatic heterocycles. The largest absolute Gasteiger partial charge is 0.342 e. The van der Waals surface area contributed by atoms with Crippen LogP contribution in [-0.4, -0.2) is 30.4 Å². The van der Waals surface area contributed by atoms with Crippen LogP contribution in [0.1, 0.15) is 44.1 Å². The minimum absolute atomic E-state index is 0.346. The summed E-state index contributed by atoms with van der Waals surface area (Å²) in [5.74, 6) is 0.979. The van der Waals surface area contributed by atoms with Crippen molar-refractivity contribution in [2.24, 2.45) is 11.7 Å². The van der Waals surface area contributed by atoms with Crippen molar-refractivity contribution < 1.29 is 4.79 Å². The lowest BCUT2D eigenvalue weighted by atomic mass is 9.99. The lowest BCUT2D eigenvalue weighted by molar-refractivity contribution is -0.130. The van der Waals surface area contributed by atoms with Gasteiger partial charge in [-0.2, -0.15) is 0 Å². The summed E-state index contributed by atoms with van der Waals surface area (Å²) in [4.78, 5) is 14.2. The smallest absolute Gasteiger partial charge is 0.222 e. The van der Waals surface area contributed by atoms with Crippen molar-refractivity contribution in [3.05, 3.63) is 35.9 Å². The number of rotatable bonds is 8. The summed E-state index contributed by atoms with van der Waals surface area (Å²) in [6.07, 6.45) is 7.33. The molecule has 0 aliphatic carbocycles. The molecule has 1 aliphatic heterocycles. The third kappa shape index (κ3) is 5.50. The summed E-state index contributed by atoms with van der Waals surface area (Å²) in [6.45, 7) is 2.65. The second-order valence-electron chi connectivity index (χ2n) is 6.14. The highest BCUT2D eigenvalue weighted by Gasteiger charge is 2.25. The maximum atomic E-state index is 12.2. The molecule has 116 valence electrons. The van der Waals surface area contributed by atoms with Gasteiger partial charge in [0.25, 0.3) is 0 Å². The van der Waals surface area contributed by atoms with Gasteiger partial charge in [-0.25, -0.2) is 0 Å². The molecule has 1 aromatic rings. The van der Waals surface area contributed by atoms with E-state index in [1.54, 1.807) is 0 Å². The number of hydrogen-bond acceptors (Lipinski definition) is 2. The summed E-state index contributed by atoms with van der Waals surface area (Å²) >= 11 is 0. The van der Waals surface area contributed by atoms with E-state index in [1.165, 1.54) is 5.56 Å². The van der Waals surface area contributed by atoms with E-state index in [0.717, 1.165) is 58.2 Å². The van der Waals surface area contributed by atoms with Gasteiger partial charge in [0.15, 0.2) is 0 Å². The van der Waals surface area contributed by atoms with Gasteiger partial charge in [0, 0.05) is 19.5 Å². The van der Waals surface area contributed by atoms with E-state index >= 15 is 0 Å². The van der Waals surface area contributed by atoms with Gasteiger partial charge in [-0.05, 0) is 43.7 Å². The quantitative estimate of drug-likeness (QED) is 0.748. The first-order chi connectivity index (χ1) is 10.3. The molecule has 1 atom stereocenters. The molecule has 0 spiro atoms. The van der Waals surface area contributed by atoms with Crippen molar-refractivity contribution in [3.63, 3.8) is 0 Å². The minimum atomic E-state index is 0.346. The molecule has 1 amide bonds. The van der Waals surface area contributed by atoms with Crippen LogP contribution in [-0.2, 0) is 11.2 Å². The van der Waals surface area contributed by atoms with Crippen LogP contribution in [0.25, 0.3) is 0 Å². The van der Waals surface area contributed by atoms with Crippen molar-refractivity contribution in [1.82, 2.24) is 4.90 Å².